The summed E-state index contributed by atoms with van der Waals surface area (Å²) in [7, 11) is 0. The van der Waals surface area contributed by atoms with Crippen LogP contribution in [0.1, 0.15) is 12.0 Å². The number of rotatable bonds is 1. The van der Waals surface area contributed by atoms with Crippen molar-refractivity contribution < 1.29 is 31.4 Å². The molecule has 0 amide bonds. The van der Waals surface area contributed by atoms with Crippen LogP contribution in [-0.4, -0.2) is 34.8 Å². The molecule has 0 radical (unpaired) electrons. The first kappa shape index (κ1) is 16.1. The molecule has 0 aromatic heterocycles. The number of aliphatic imine (C=N–C) groups is 1. The van der Waals surface area contributed by atoms with E-state index in [0.29, 0.717) is 0 Å². The lowest BCUT2D eigenvalue weighted by molar-refractivity contribution is -0.296. The molecule has 0 unspecified atom stereocenters. The van der Waals surface area contributed by atoms with Gasteiger partial charge in [0.2, 0.25) is 0 Å². The van der Waals surface area contributed by atoms with Gasteiger partial charge in [-0.25, -0.2) is 0 Å². The molecule has 116 valence electrons. The molecule has 0 fully saturated rings. The molecule has 1 N–H and O–H groups in total. The Morgan fingerprint density at radius 3 is 2.00 bits per heavy atom. The third-order valence-corrected chi connectivity index (χ3v) is 3.40. The van der Waals surface area contributed by atoms with E-state index < -0.39 is 36.1 Å². The molecule has 0 aliphatic carbocycles. The zero-order valence-electron chi connectivity index (χ0n) is 10.1. The minimum absolute atomic E-state index is 0.0498. The van der Waals surface area contributed by atoms with E-state index in [1.54, 1.807) is 0 Å². The minimum Gasteiger partial charge on any atom is -0.378 e. The Labute approximate surface area is 120 Å². The van der Waals surface area contributed by atoms with Gasteiger partial charge in [-0.1, -0.05) is 23.7 Å². The Balaban J connectivity index is 2.46. The van der Waals surface area contributed by atoms with Crippen LogP contribution in [-0.2, 0) is 0 Å². The first-order valence-electron chi connectivity index (χ1n) is 5.63. The van der Waals surface area contributed by atoms with E-state index in [4.69, 9.17) is 11.6 Å². The van der Waals surface area contributed by atoms with Crippen molar-refractivity contribution in [2.75, 3.05) is 0 Å². The maximum atomic E-state index is 12.8. The average molecular weight is 332 g/mol. The number of hydrogen-bond donors (Lipinski definition) is 1. The molecule has 0 spiro atoms. The fourth-order valence-electron chi connectivity index (χ4n) is 2.08. The average Bonchev–Trinajstić information content (AvgIpc) is 2.69. The second kappa shape index (κ2) is 4.88. The third-order valence-electron chi connectivity index (χ3n) is 3.15. The second-order valence-corrected chi connectivity index (χ2v) is 5.06. The van der Waals surface area contributed by atoms with Crippen molar-refractivity contribution >= 4 is 17.3 Å². The Hall–Kier alpha value is -1.28. The van der Waals surface area contributed by atoms with Crippen molar-refractivity contribution in [3.8, 4) is 0 Å². The summed E-state index contributed by atoms with van der Waals surface area (Å²) in [5.74, 6) is 0. The summed E-state index contributed by atoms with van der Waals surface area (Å²) in [4.78, 5) is 3.06. The number of halogens is 7. The van der Waals surface area contributed by atoms with Crippen LogP contribution < -0.4 is 0 Å². The first-order valence-corrected chi connectivity index (χ1v) is 6.01. The van der Waals surface area contributed by atoms with Gasteiger partial charge in [0.15, 0.2) is 11.6 Å². The van der Waals surface area contributed by atoms with Crippen LogP contribution in [0.25, 0.3) is 0 Å². The molecule has 2 atom stereocenters. The van der Waals surface area contributed by atoms with Gasteiger partial charge in [-0.05, 0) is 17.7 Å². The van der Waals surface area contributed by atoms with Crippen molar-refractivity contribution in [1.29, 1.82) is 0 Å². The summed E-state index contributed by atoms with van der Waals surface area (Å²) >= 11 is 5.60. The van der Waals surface area contributed by atoms with Crippen molar-refractivity contribution in [2.24, 2.45) is 4.99 Å². The van der Waals surface area contributed by atoms with Crippen LogP contribution in [0.15, 0.2) is 29.3 Å². The van der Waals surface area contributed by atoms with Crippen LogP contribution in [0.3, 0.4) is 0 Å². The SMILES string of the molecule is O[C@@]1(C(F)(F)F)CC(c2ccc(Cl)cc2)=N[C@@H]1C(F)(F)F. The van der Waals surface area contributed by atoms with Gasteiger partial charge in [-0.2, -0.15) is 26.3 Å². The molecule has 2 rings (SSSR count). The second-order valence-electron chi connectivity index (χ2n) is 4.63. The van der Waals surface area contributed by atoms with E-state index in [1.165, 1.54) is 24.3 Å². The highest BCUT2D eigenvalue weighted by atomic mass is 35.5. The predicted molar refractivity (Wildman–Crippen MR) is 63.5 cm³/mol. The standard InChI is InChI=1S/C12H8ClF6NO/c13-7-3-1-6(2-4-7)8-5-10(21,12(17,18)19)9(20-8)11(14,15)16/h1-4,9,21H,5H2/t9-,10-/m0/s1. The molecule has 0 saturated carbocycles. The van der Waals surface area contributed by atoms with Crippen molar-refractivity contribution in [3.63, 3.8) is 0 Å². The number of nitrogens with zero attached hydrogens (tertiary/aromatic N) is 1. The maximum absolute atomic E-state index is 12.8. The van der Waals surface area contributed by atoms with E-state index in [2.05, 4.69) is 4.99 Å². The molecule has 1 aromatic carbocycles. The normalized spacial score (nSPS) is 26.9. The van der Waals surface area contributed by atoms with Crippen LogP contribution in [0, 0.1) is 0 Å². The smallest absolute Gasteiger partial charge is 0.378 e. The van der Waals surface area contributed by atoms with Crippen molar-refractivity contribution in [1.82, 2.24) is 0 Å². The van der Waals surface area contributed by atoms with Gasteiger partial charge < -0.3 is 5.11 Å². The van der Waals surface area contributed by atoms with E-state index in [9.17, 15) is 31.4 Å². The Bertz CT molecular complexity index is 565. The van der Waals surface area contributed by atoms with Gasteiger partial charge in [0.05, 0.1) is 0 Å². The highest BCUT2D eigenvalue weighted by Crippen LogP contribution is 2.47. The van der Waals surface area contributed by atoms with Gasteiger partial charge in [-0.3, -0.25) is 4.99 Å². The summed E-state index contributed by atoms with van der Waals surface area (Å²) < 4.78 is 76.8. The summed E-state index contributed by atoms with van der Waals surface area (Å²) in [5, 5.41) is 9.80. The molecule has 21 heavy (non-hydrogen) atoms. The van der Waals surface area contributed by atoms with Crippen LogP contribution in [0.5, 0.6) is 0 Å². The zero-order valence-corrected chi connectivity index (χ0v) is 10.9. The highest BCUT2D eigenvalue weighted by Gasteiger charge is 2.69. The van der Waals surface area contributed by atoms with E-state index in [-0.39, 0.29) is 10.6 Å². The van der Waals surface area contributed by atoms with Gasteiger partial charge in [0.25, 0.3) is 0 Å². The lowest BCUT2D eigenvalue weighted by Gasteiger charge is -2.31. The maximum Gasteiger partial charge on any atom is 0.420 e. The molecule has 1 aliphatic heterocycles. The Kier molecular flexibility index (Phi) is 3.74. The molecule has 9 heteroatoms. The van der Waals surface area contributed by atoms with E-state index in [0.717, 1.165) is 0 Å². The topological polar surface area (TPSA) is 32.6 Å². The predicted octanol–water partition coefficient (Wildman–Crippen LogP) is 3.76. The minimum atomic E-state index is -5.45. The Morgan fingerprint density at radius 2 is 1.62 bits per heavy atom. The van der Waals surface area contributed by atoms with Crippen molar-refractivity contribution in [3.05, 3.63) is 34.9 Å². The van der Waals surface area contributed by atoms with Gasteiger partial charge >= 0.3 is 12.4 Å². The summed E-state index contributed by atoms with van der Waals surface area (Å²) in [6.07, 6.45) is -12.0. The zero-order chi connectivity index (χ0) is 16.1. The summed E-state index contributed by atoms with van der Waals surface area (Å²) in [6, 6.07) is 1.88. The lowest BCUT2D eigenvalue weighted by atomic mass is 9.90. The van der Waals surface area contributed by atoms with Gasteiger partial charge in [0.1, 0.15) is 0 Å². The molecule has 0 saturated heterocycles. The number of aliphatic hydroxyl groups is 1. The largest absolute Gasteiger partial charge is 0.420 e. The molecule has 1 aromatic rings. The fourth-order valence-corrected chi connectivity index (χ4v) is 2.20. The molecule has 2 nitrogen and oxygen atoms in total. The Morgan fingerprint density at radius 1 is 1.10 bits per heavy atom. The van der Waals surface area contributed by atoms with Crippen molar-refractivity contribution in [2.45, 2.75) is 30.4 Å². The number of benzene rings is 1. The molecular weight excluding hydrogens is 324 g/mol. The molecular formula is C12H8ClF6NO. The summed E-state index contributed by atoms with van der Waals surface area (Å²) in [5.41, 5.74) is -4.37. The number of hydrogen-bond acceptors (Lipinski definition) is 2. The molecule has 0 bridgehead atoms. The fraction of sp³-hybridized carbons (Fsp3) is 0.417. The third kappa shape index (κ3) is 2.87. The van der Waals surface area contributed by atoms with Gasteiger partial charge in [-0.15, -0.1) is 0 Å². The lowest BCUT2D eigenvalue weighted by Crippen LogP contribution is -2.56. The monoisotopic (exact) mass is 331 g/mol. The first-order chi connectivity index (χ1) is 9.45. The van der Waals surface area contributed by atoms with E-state index in [1.807, 2.05) is 0 Å². The summed E-state index contributed by atoms with van der Waals surface area (Å²) in [6.45, 7) is 0. The van der Waals surface area contributed by atoms with E-state index >= 15 is 0 Å². The van der Waals surface area contributed by atoms with Crippen LogP contribution in [0.4, 0.5) is 26.3 Å². The van der Waals surface area contributed by atoms with Crippen LogP contribution >= 0.6 is 11.6 Å². The molecule has 1 heterocycles. The van der Waals surface area contributed by atoms with Gasteiger partial charge in [0, 0.05) is 17.2 Å². The number of alkyl halides is 6. The molecule has 1 aliphatic rings. The van der Waals surface area contributed by atoms with Crippen LogP contribution in [0.2, 0.25) is 5.02 Å². The highest BCUT2D eigenvalue weighted by molar-refractivity contribution is 6.30. The quantitative estimate of drug-likeness (QED) is 0.781.